The lowest BCUT2D eigenvalue weighted by atomic mass is 9.86. The maximum Gasteiger partial charge on any atom is 0.243 e. The monoisotopic (exact) mass is 496 g/mol. The fraction of sp³-hybridized carbons (Fsp3) is 0.556. The fourth-order valence-electron chi connectivity index (χ4n) is 3.96. The van der Waals surface area contributed by atoms with Gasteiger partial charge in [0.25, 0.3) is 0 Å². The lowest BCUT2D eigenvalue weighted by molar-refractivity contribution is -0.115. The van der Waals surface area contributed by atoms with E-state index in [4.69, 9.17) is 0 Å². The van der Waals surface area contributed by atoms with Gasteiger partial charge >= 0.3 is 0 Å². The molecular weight excluding hydrogens is 472 g/mol. The SMILES string of the molecule is CN=C(NCC(=O)Nc1ccc(F)c(F)c1F)N1CCC2(CCCC2)C1.I. The number of hydrogen-bond donors (Lipinski definition) is 2. The van der Waals surface area contributed by atoms with Crippen LogP contribution in [0.4, 0.5) is 18.9 Å². The van der Waals surface area contributed by atoms with Crippen molar-refractivity contribution >= 4 is 41.5 Å². The van der Waals surface area contributed by atoms with Gasteiger partial charge in [0.2, 0.25) is 5.91 Å². The highest BCUT2D eigenvalue weighted by atomic mass is 127. The second-order valence-electron chi connectivity index (χ2n) is 7.05. The molecule has 1 saturated carbocycles. The Kier molecular flexibility index (Phi) is 7.35. The van der Waals surface area contributed by atoms with Crippen molar-refractivity contribution in [3.8, 4) is 0 Å². The van der Waals surface area contributed by atoms with Crippen LogP contribution in [0.1, 0.15) is 32.1 Å². The predicted octanol–water partition coefficient (Wildman–Crippen LogP) is 3.50. The molecule has 3 rings (SSSR count). The Hall–Kier alpha value is -1.52. The molecule has 0 atom stereocenters. The molecule has 2 fully saturated rings. The first-order valence-electron chi connectivity index (χ1n) is 8.83. The Morgan fingerprint density at radius 2 is 1.89 bits per heavy atom. The number of benzene rings is 1. The van der Waals surface area contributed by atoms with Gasteiger partial charge in [0, 0.05) is 20.1 Å². The minimum atomic E-state index is -1.61. The van der Waals surface area contributed by atoms with E-state index >= 15 is 0 Å². The van der Waals surface area contributed by atoms with Crippen LogP contribution in [0.25, 0.3) is 0 Å². The summed E-state index contributed by atoms with van der Waals surface area (Å²) in [6.45, 7) is 1.67. The molecule has 1 aliphatic carbocycles. The third-order valence-electron chi connectivity index (χ3n) is 5.33. The summed E-state index contributed by atoms with van der Waals surface area (Å²) in [4.78, 5) is 18.4. The van der Waals surface area contributed by atoms with Gasteiger partial charge in [0.15, 0.2) is 23.4 Å². The Bertz CT molecular complexity index is 723. The molecule has 150 valence electrons. The van der Waals surface area contributed by atoms with Crippen molar-refractivity contribution in [2.45, 2.75) is 32.1 Å². The Labute approximate surface area is 173 Å². The lowest BCUT2D eigenvalue weighted by Crippen LogP contribution is -2.44. The van der Waals surface area contributed by atoms with Crippen molar-refractivity contribution < 1.29 is 18.0 Å². The number of likely N-dealkylation sites (tertiary alicyclic amines) is 1. The summed E-state index contributed by atoms with van der Waals surface area (Å²) >= 11 is 0. The molecule has 1 saturated heterocycles. The molecule has 0 unspecified atom stereocenters. The van der Waals surface area contributed by atoms with Crippen LogP contribution in [-0.2, 0) is 4.79 Å². The van der Waals surface area contributed by atoms with Crippen molar-refractivity contribution in [2.24, 2.45) is 10.4 Å². The number of rotatable bonds is 3. The molecule has 1 aromatic carbocycles. The molecule has 1 aromatic rings. The summed E-state index contributed by atoms with van der Waals surface area (Å²) in [5, 5.41) is 5.20. The van der Waals surface area contributed by atoms with E-state index in [0.717, 1.165) is 31.6 Å². The van der Waals surface area contributed by atoms with E-state index in [-0.39, 0.29) is 30.5 Å². The zero-order valence-corrected chi connectivity index (χ0v) is 17.5. The number of halogens is 4. The van der Waals surface area contributed by atoms with E-state index in [1.807, 2.05) is 0 Å². The fourth-order valence-corrected chi connectivity index (χ4v) is 3.96. The van der Waals surface area contributed by atoms with E-state index in [2.05, 4.69) is 20.5 Å². The van der Waals surface area contributed by atoms with Crippen molar-refractivity contribution in [3.63, 3.8) is 0 Å². The highest BCUT2D eigenvalue weighted by Gasteiger charge is 2.41. The van der Waals surface area contributed by atoms with E-state index in [1.165, 1.54) is 25.7 Å². The molecule has 1 aliphatic heterocycles. The average Bonchev–Trinajstić information content (AvgIpc) is 3.26. The smallest absolute Gasteiger partial charge is 0.243 e. The van der Waals surface area contributed by atoms with Crippen molar-refractivity contribution in [1.82, 2.24) is 10.2 Å². The number of anilines is 1. The average molecular weight is 496 g/mol. The van der Waals surface area contributed by atoms with Crippen molar-refractivity contribution in [1.29, 1.82) is 0 Å². The first-order valence-corrected chi connectivity index (χ1v) is 8.83. The van der Waals surface area contributed by atoms with Crippen LogP contribution in [0, 0.1) is 22.9 Å². The number of carbonyl (C=O) groups is 1. The molecule has 0 radical (unpaired) electrons. The van der Waals surface area contributed by atoms with Gasteiger partial charge in [-0.25, -0.2) is 13.2 Å². The Morgan fingerprint density at radius 1 is 1.19 bits per heavy atom. The van der Waals surface area contributed by atoms with Gasteiger partial charge in [-0.1, -0.05) is 12.8 Å². The number of amides is 1. The van der Waals surface area contributed by atoms with Gasteiger partial charge in [-0.2, -0.15) is 0 Å². The zero-order valence-electron chi connectivity index (χ0n) is 15.2. The molecule has 5 nitrogen and oxygen atoms in total. The molecule has 1 spiro atoms. The first-order chi connectivity index (χ1) is 12.4. The molecule has 0 aromatic heterocycles. The van der Waals surface area contributed by atoms with E-state index in [9.17, 15) is 18.0 Å². The minimum Gasteiger partial charge on any atom is -0.347 e. The number of guanidine groups is 1. The molecule has 0 bridgehead atoms. The summed E-state index contributed by atoms with van der Waals surface area (Å²) in [7, 11) is 1.65. The minimum absolute atomic E-state index is 0. The summed E-state index contributed by atoms with van der Waals surface area (Å²) in [6.07, 6.45) is 6.12. The molecule has 2 aliphatic rings. The molecule has 2 N–H and O–H groups in total. The normalized spacial score (nSPS) is 18.5. The summed E-state index contributed by atoms with van der Waals surface area (Å²) in [5.41, 5.74) is -0.0222. The number of hydrogen-bond acceptors (Lipinski definition) is 2. The summed E-state index contributed by atoms with van der Waals surface area (Å²) in [5.74, 6) is -4.26. The second-order valence-corrected chi connectivity index (χ2v) is 7.05. The third kappa shape index (κ3) is 4.85. The van der Waals surface area contributed by atoms with Crippen LogP contribution >= 0.6 is 24.0 Å². The van der Waals surface area contributed by atoms with Gasteiger partial charge in [0.05, 0.1) is 12.2 Å². The number of nitrogens with one attached hydrogen (secondary N) is 2. The quantitative estimate of drug-likeness (QED) is 0.292. The van der Waals surface area contributed by atoms with Crippen LogP contribution in [0.5, 0.6) is 0 Å². The molecule has 27 heavy (non-hydrogen) atoms. The first kappa shape index (κ1) is 21.8. The largest absolute Gasteiger partial charge is 0.347 e. The number of carbonyl (C=O) groups excluding carboxylic acids is 1. The lowest BCUT2D eigenvalue weighted by Gasteiger charge is -2.25. The highest BCUT2D eigenvalue weighted by Crippen LogP contribution is 2.45. The maximum atomic E-state index is 13.6. The van der Waals surface area contributed by atoms with Crippen molar-refractivity contribution in [3.05, 3.63) is 29.6 Å². The highest BCUT2D eigenvalue weighted by molar-refractivity contribution is 14.0. The van der Waals surface area contributed by atoms with Crippen LogP contribution < -0.4 is 10.6 Å². The maximum absolute atomic E-state index is 13.6. The van der Waals surface area contributed by atoms with Crippen LogP contribution in [0.15, 0.2) is 17.1 Å². The van der Waals surface area contributed by atoms with Crippen molar-refractivity contribution in [2.75, 3.05) is 32.0 Å². The number of aliphatic imine (C=N–C) groups is 1. The van der Waals surface area contributed by atoms with Gasteiger partial charge in [-0.3, -0.25) is 9.79 Å². The van der Waals surface area contributed by atoms with E-state index < -0.39 is 29.0 Å². The topological polar surface area (TPSA) is 56.7 Å². The Balaban J connectivity index is 0.00000261. The van der Waals surface area contributed by atoms with Gasteiger partial charge < -0.3 is 15.5 Å². The number of nitrogens with zero attached hydrogens (tertiary/aromatic N) is 2. The second kappa shape index (κ2) is 9.11. The van der Waals surface area contributed by atoms with Gasteiger partial charge in [-0.15, -0.1) is 24.0 Å². The van der Waals surface area contributed by atoms with E-state index in [0.29, 0.717) is 11.4 Å². The van der Waals surface area contributed by atoms with Gasteiger partial charge in [-0.05, 0) is 36.8 Å². The Morgan fingerprint density at radius 3 is 2.56 bits per heavy atom. The molecular formula is C18H24F3IN4O. The van der Waals surface area contributed by atoms with Crippen LogP contribution in [0.3, 0.4) is 0 Å². The van der Waals surface area contributed by atoms with Crippen LogP contribution in [-0.4, -0.2) is 43.4 Å². The summed E-state index contributed by atoms with van der Waals surface area (Å²) in [6, 6.07) is 1.76. The standard InChI is InChI=1S/C18H23F3N4O.HI/c1-22-17(25-9-8-18(11-25)6-2-3-7-18)23-10-14(26)24-13-5-4-12(19)15(20)16(13)21;/h4-5H,2-3,6-11H2,1H3,(H,22,23)(H,24,26);1H. The van der Waals surface area contributed by atoms with Gasteiger partial charge in [0.1, 0.15) is 0 Å². The van der Waals surface area contributed by atoms with E-state index in [1.54, 1.807) is 7.05 Å². The third-order valence-corrected chi connectivity index (χ3v) is 5.33. The predicted molar refractivity (Wildman–Crippen MR) is 109 cm³/mol. The molecule has 1 heterocycles. The molecule has 1 amide bonds. The summed E-state index contributed by atoms with van der Waals surface area (Å²) < 4.78 is 39.8. The van der Waals surface area contributed by atoms with Crippen LogP contribution in [0.2, 0.25) is 0 Å². The molecule has 9 heteroatoms. The zero-order chi connectivity index (χ0) is 18.7.